The summed E-state index contributed by atoms with van der Waals surface area (Å²) < 4.78 is 1.62. The van der Waals surface area contributed by atoms with Gasteiger partial charge in [0.1, 0.15) is 5.97 Å². The molecule has 3 heteroatoms. The minimum Gasteiger partial charge on any atom is -0.543 e. The van der Waals surface area contributed by atoms with Crippen molar-refractivity contribution in [3.8, 4) is 0 Å². The maximum absolute atomic E-state index is 10.5. The van der Waals surface area contributed by atoms with Crippen molar-refractivity contribution in [2.45, 2.75) is 19.9 Å². The monoisotopic (exact) mass is 165 g/mol. The van der Waals surface area contributed by atoms with Gasteiger partial charge in [0.2, 0.25) is 0 Å². The molecule has 64 valence electrons. The van der Waals surface area contributed by atoms with Crippen LogP contribution in [0.1, 0.15) is 18.5 Å². The first-order chi connectivity index (χ1) is 5.61. The molecule has 0 radical (unpaired) electrons. The molecule has 3 nitrogen and oxygen atoms in total. The molecule has 0 fully saturated rings. The van der Waals surface area contributed by atoms with Gasteiger partial charge in [-0.1, -0.05) is 0 Å². The van der Waals surface area contributed by atoms with Crippen LogP contribution in [0.2, 0.25) is 0 Å². The van der Waals surface area contributed by atoms with Gasteiger partial charge >= 0.3 is 0 Å². The van der Waals surface area contributed by atoms with E-state index in [0.717, 1.165) is 5.56 Å². The Labute approximate surface area is 71.3 Å². The van der Waals surface area contributed by atoms with E-state index in [-0.39, 0.29) is 0 Å². The first-order valence-electron chi connectivity index (χ1n) is 3.79. The van der Waals surface area contributed by atoms with Gasteiger partial charge in [0.05, 0.1) is 0 Å². The predicted octanol–water partition coefficient (Wildman–Crippen LogP) is -0.407. The van der Waals surface area contributed by atoms with Crippen molar-refractivity contribution in [1.29, 1.82) is 0 Å². The van der Waals surface area contributed by atoms with Crippen LogP contribution in [0.5, 0.6) is 0 Å². The molecular formula is C9H11NO2. The molecule has 0 aliphatic rings. The predicted molar refractivity (Wildman–Crippen MR) is 41.1 cm³/mol. The molecular weight excluding hydrogens is 154 g/mol. The lowest BCUT2D eigenvalue weighted by molar-refractivity contribution is -0.712. The van der Waals surface area contributed by atoms with Crippen molar-refractivity contribution in [3.63, 3.8) is 0 Å². The minimum absolute atomic E-state index is 0.607. The van der Waals surface area contributed by atoms with Crippen molar-refractivity contribution in [3.05, 3.63) is 30.1 Å². The maximum atomic E-state index is 10.5. The van der Waals surface area contributed by atoms with Crippen LogP contribution in [-0.2, 0) is 4.79 Å². The third-order valence-electron chi connectivity index (χ3n) is 1.76. The van der Waals surface area contributed by atoms with Crippen LogP contribution in [0.4, 0.5) is 0 Å². The number of aliphatic carboxylic acids is 1. The Hall–Kier alpha value is -1.38. The SMILES string of the molecule is Cc1ccc[n+](C(C)C(=O)[O-])c1. The van der Waals surface area contributed by atoms with Crippen molar-refractivity contribution in [1.82, 2.24) is 0 Å². The molecule has 0 aliphatic carbocycles. The number of nitrogens with zero attached hydrogens (tertiary/aromatic N) is 1. The van der Waals surface area contributed by atoms with E-state index in [1.54, 1.807) is 23.9 Å². The standard InChI is InChI=1S/C9H11NO2/c1-7-4-3-5-10(6-7)8(2)9(11)12/h3-6,8H,1-2H3. The molecule has 1 heterocycles. The Morgan fingerprint density at radius 2 is 2.33 bits per heavy atom. The summed E-state index contributed by atoms with van der Waals surface area (Å²) in [6.45, 7) is 3.51. The summed E-state index contributed by atoms with van der Waals surface area (Å²) in [6.07, 6.45) is 3.49. The number of hydrogen-bond donors (Lipinski definition) is 0. The zero-order valence-corrected chi connectivity index (χ0v) is 7.15. The number of rotatable bonds is 2. The highest BCUT2D eigenvalue weighted by molar-refractivity contribution is 5.66. The topological polar surface area (TPSA) is 44.0 Å². The van der Waals surface area contributed by atoms with E-state index >= 15 is 0 Å². The van der Waals surface area contributed by atoms with Crippen molar-refractivity contribution >= 4 is 5.97 Å². The summed E-state index contributed by atoms with van der Waals surface area (Å²) in [5.74, 6) is -1.06. The number of aryl methyl sites for hydroxylation is 1. The molecule has 1 atom stereocenters. The van der Waals surface area contributed by atoms with E-state index in [2.05, 4.69) is 0 Å². The number of carboxylic acids is 1. The molecule has 1 aromatic rings. The van der Waals surface area contributed by atoms with Crippen LogP contribution in [0.3, 0.4) is 0 Å². The van der Waals surface area contributed by atoms with E-state index < -0.39 is 12.0 Å². The number of carbonyl (C=O) groups excluding carboxylic acids is 1. The number of aromatic nitrogens is 1. The highest BCUT2D eigenvalue weighted by Gasteiger charge is 2.12. The fourth-order valence-electron chi connectivity index (χ4n) is 0.978. The van der Waals surface area contributed by atoms with Gasteiger partial charge in [-0.2, -0.15) is 4.57 Å². The van der Waals surface area contributed by atoms with Crippen molar-refractivity contribution in [2.75, 3.05) is 0 Å². The largest absolute Gasteiger partial charge is 0.543 e. The Morgan fingerprint density at radius 3 is 2.83 bits per heavy atom. The molecule has 1 aromatic heterocycles. The molecule has 0 bridgehead atoms. The maximum Gasteiger partial charge on any atom is 0.194 e. The lowest BCUT2D eigenvalue weighted by Crippen LogP contribution is -2.47. The van der Waals surface area contributed by atoms with E-state index in [1.165, 1.54) is 0 Å². The van der Waals surface area contributed by atoms with Crippen LogP contribution < -0.4 is 9.67 Å². The second kappa shape index (κ2) is 3.34. The second-order valence-electron chi connectivity index (χ2n) is 2.82. The van der Waals surface area contributed by atoms with Crippen LogP contribution >= 0.6 is 0 Å². The first-order valence-corrected chi connectivity index (χ1v) is 3.79. The molecule has 0 N–H and O–H groups in total. The van der Waals surface area contributed by atoms with Crippen LogP contribution in [0.25, 0.3) is 0 Å². The third-order valence-corrected chi connectivity index (χ3v) is 1.76. The average Bonchev–Trinajstić information content (AvgIpc) is 2.03. The molecule has 12 heavy (non-hydrogen) atoms. The molecule has 0 aliphatic heterocycles. The van der Waals surface area contributed by atoms with Crippen LogP contribution in [-0.4, -0.2) is 5.97 Å². The summed E-state index contributed by atoms with van der Waals surface area (Å²) in [7, 11) is 0. The Bertz CT molecular complexity index is 296. The van der Waals surface area contributed by atoms with Gasteiger partial charge in [0.25, 0.3) is 0 Å². The first kappa shape index (κ1) is 8.71. The molecule has 0 saturated carbocycles. The summed E-state index contributed by atoms with van der Waals surface area (Å²) in [6, 6.07) is 3.12. The fraction of sp³-hybridized carbons (Fsp3) is 0.333. The van der Waals surface area contributed by atoms with Crippen molar-refractivity contribution < 1.29 is 14.5 Å². The summed E-state index contributed by atoms with van der Waals surface area (Å²) in [5.41, 5.74) is 1.03. The van der Waals surface area contributed by atoms with E-state index in [0.29, 0.717) is 0 Å². The van der Waals surface area contributed by atoms with Gasteiger partial charge in [0.15, 0.2) is 18.4 Å². The number of pyridine rings is 1. The Balaban J connectivity index is 2.95. The van der Waals surface area contributed by atoms with E-state index in [9.17, 15) is 9.90 Å². The molecule has 0 amide bonds. The lowest BCUT2D eigenvalue weighted by Gasteiger charge is -2.07. The van der Waals surface area contributed by atoms with E-state index in [4.69, 9.17) is 0 Å². The molecule has 1 rings (SSSR count). The second-order valence-corrected chi connectivity index (χ2v) is 2.82. The minimum atomic E-state index is -1.06. The summed E-state index contributed by atoms with van der Waals surface area (Å²) in [4.78, 5) is 10.5. The van der Waals surface area contributed by atoms with Gasteiger partial charge in [-0.3, -0.25) is 0 Å². The Kier molecular flexibility index (Phi) is 2.43. The number of carboxylic acid groups (broad SMARTS) is 1. The summed E-state index contributed by atoms with van der Waals surface area (Å²) >= 11 is 0. The van der Waals surface area contributed by atoms with Gasteiger partial charge < -0.3 is 9.90 Å². The van der Waals surface area contributed by atoms with E-state index in [1.807, 2.05) is 19.1 Å². The molecule has 0 saturated heterocycles. The zero-order chi connectivity index (χ0) is 9.14. The highest BCUT2D eigenvalue weighted by atomic mass is 16.4. The smallest absolute Gasteiger partial charge is 0.194 e. The average molecular weight is 165 g/mol. The summed E-state index contributed by atoms with van der Waals surface area (Å²) in [5, 5.41) is 10.5. The Morgan fingerprint density at radius 1 is 1.67 bits per heavy atom. The highest BCUT2D eigenvalue weighted by Crippen LogP contribution is 1.95. The lowest BCUT2D eigenvalue weighted by atomic mass is 10.3. The molecule has 0 spiro atoms. The number of carbonyl (C=O) groups is 1. The van der Waals surface area contributed by atoms with Gasteiger partial charge in [-0.05, 0) is 13.0 Å². The normalized spacial score (nSPS) is 12.5. The van der Waals surface area contributed by atoms with Gasteiger partial charge in [0, 0.05) is 18.6 Å². The van der Waals surface area contributed by atoms with Crippen LogP contribution in [0, 0.1) is 6.92 Å². The van der Waals surface area contributed by atoms with Crippen molar-refractivity contribution in [2.24, 2.45) is 0 Å². The molecule has 0 aromatic carbocycles. The quantitative estimate of drug-likeness (QED) is 0.559. The fourth-order valence-corrected chi connectivity index (χ4v) is 0.978. The zero-order valence-electron chi connectivity index (χ0n) is 7.15. The van der Waals surface area contributed by atoms with Gasteiger partial charge in [-0.15, -0.1) is 0 Å². The van der Waals surface area contributed by atoms with Crippen LogP contribution in [0.15, 0.2) is 24.5 Å². The molecule has 1 unspecified atom stereocenters. The third kappa shape index (κ3) is 1.81. The van der Waals surface area contributed by atoms with Gasteiger partial charge in [-0.25, -0.2) is 0 Å². The number of hydrogen-bond acceptors (Lipinski definition) is 2.